The van der Waals surface area contributed by atoms with E-state index in [0.717, 1.165) is 0 Å². The monoisotopic (exact) mass is 390 g/mol. The fourth-order valence-corrected chi connectivity index (χ4v) is 3.46. The molecule has 0 spiro atoms. The highest BCUT2D eigenvalue weighted by molar-refractivity contribution is 9.10. The molecule has 4 N–H and O–H groups in total. The number of hydrazine groups is 1. The summed E-state index contributed by atoms with van der Waals surface area (Å²) in [6, 6.07) is 8.40. The summed E-state index contributed by atoms with van der Waals surface area (Å²) >= 11 is 9.18. The number of hydrogen-bond acceptors (Lipinski definition) is 5. The molecule has 0 fully saturated rings. The second-order valence-electron chi connectivity index (χ2n) is 4.06. The second-order valence-corrected chi connectivity index (χ2v) is 7.12. The lowest BCUT2D eigenvalue weighted by molar-refractivity contribution is 0.581. The van der Waals surface area contributed by atoms with Gasteiger partial charge in [0.25, 0.3) is 0 Å². The zero-order valence-corrected chi connectivity index (χ0v) is 13.8. The number of nitrogens with zero attached hydrogens (tertiary/aromatic N) is 1. The van der Waals surface area contributed by atoms with Crippen molar-refractivity contribution < 1.29 is 8.42 Å². The molecule has 0 unspecified atom stereocenters. The Kier molecular flexibility index (Phi) is 5.17. The fourth-order valence-electron chi connectivity index (χ4n) is 1.63. The molecule has 0 amide bonds. The van der Waals surface area contributed by atoms with Crippen LogP contribution in [0.3, 0.4) is 0 Å². The van der Waals surface area contributed by atoms with Crippen molar-refractivity contribution in [1.82, 2.24) is 9.71 Å². The molecule has 0 saturated heterocycles. The van der Waals surface area contributed by atoms with Crippen LogP contribution < -0.4 is 16.0 Å². The van der Waals surface area contributed by atoms with Gasteiger partial charge in [-0.25, -0.2) is 24.0 Å². The molecule has 0 aliphatic heterocycles. The number of aromatic nitrogens is 1. The van der Waals surface area contributed by atoms with Gasteiger partial charge in [-0.05, 0) is 33.6 Å². The third-order valence-corrected chi connectivity index (χ3v) is 4.87. The highest BCUT2D eigenvalue weighted by Crippen LogP contribution is 2.23. The quantitative estimate of drug-likeness (QED) is 0.536. The zero-order chi connectivity index (χ0) is 15.5. The Hall–Kier alpha value is -1.19. The van der Waals surface area contributed by atoms with Gasteiger partial charge in [0.15, 0.2) is 5.82 Å². The van der Waals surface area contributed by atoms with E-state index in [-0.39, 0.29) is 17.3 Å². The van der Waals surface area contributed by atoms with Crippen LogP contribution in [0, 0.1) is 0 Å². The van der Waals surface area contributed by atoms with E-state index in [1.165, 1.54) is 12.3 Å². The van der Waals surface area contributed by atoms with Crippen molar-refractivity contribution >= 4 is 43.4 Å². The van der Waals surface area contributed by atoms with Gasteiger partial charge in [0.05, 0.1) is 0 Å². The van der Waals surface area contributed by atoms with Gasteiger partial charge in [0, 0.05) is 22.2 Å². The Labute approximate surface area is 135 Å². The first-order chi connectivity index (χ1) is 9.94. The maximum atomic E-state index is 12.3. The molecule has 112 valence electrons. The van der Waals surface area contributed by atoms with Crippen molar-refractivity contribution in [2.24, 2.45) is 5.84 Å². The fraction of sp³-hybridized carbons (Fsp3) is 0.0833. The van der Waals surface area contributed by atoms with Gasteiger partial charge in [0.1, 0.15) is 4.90 Å². The Balaban J connectivity index is 2.27. The number of hydrogen-bond donors (Lipinski definition) is 3. The number of nitrogen functional groups attached to an aromatic ring is 1. The van der Waals surface area contributed by atoms with Gasteiger partial charge in [-0.1, -0.05) is 29.8 Å². The third kappa shape index (κ3) is 3.92. The van der Waals surface area contributed by atoms with Crippen LogP contribution in [0.1, 0.15) is 5.56 Å². The molecule has 2 aromatic rings. The van der Waals surface area contributed by atoms with Crippen molar-refractivity contribution in [2.45, 2.75) is 11.4 Å². The lowest BCUT2D eigenvalue weighted by Gasteiger charge is -2.11. The minimum Gasteiger partial charge on any atom is -0.307 e. The Morgan fingerprint density at radius 2 is 2.05 bits per heavy atom. The number of benzene rings is 1. The highest BCUT2D eigenvalue weighted by Gasteiger charge is 2.20. The van der Waals surface area contributed by atoms with E-state index in [1.807, 2.05) is 0 Å². The minimum atomic E-state index is -3.78. The summed E-state index contributed by atoms with van der Waals surface area (Å²) in [5.41, 5.74) is 2.94. The molecule has 9 heteroatoms. The lowest BCUT2D eigenvalue weighted by Crippen LogP contribution is -2.25. The maximum absolute atomic E-state index is 12.3. The Bertz CT molecular complexity index is 755. The summed E-state index contributed by atoms with van der Waals surface area (Å²) in [4.78, 5) is 3.86. The molecular formula is C12H12BrClN4O2S. The van der Waals surface area contributed by atoms with Crippen LogP contribution in [0.5, 0.6) is 0 Å². The first kappa shape index (κ1) is 16.2. The standard InChI is InChI=1S/C12H12BrClN4O2S/c13-9-5-11(12(18-15)16-7-9)21(19,20)17-6-8-3-1-2-4-10(8)14/h1-5,7,17H,6,15H2,(H,16,18). The zero-order valence-electron chi connectivity index (χ0n) is 10.7. The van der Waals surface area contributed by atoms with Crippen molar-refractivity contribution in [3.05, 3.63) is 51.6 Å². The van der Waals surface area contributed by atoms with Gasteiger partial charge in [-0.15, -0.1) is 0 Å². The van der Waals surface area contributed by atoms with Gasteiger partial charge in [-0.2, -0.15) is 0 Å². The van der Waals surface area contributed by atoms with Crippen molar-refractivity contribution in [2.75, 3.05) is 5.43 Å². The van der Waals surface area contributed by atoms with E-state index in [1.54, 1.807) is 24.3 Å². The van der Waals surface area contributed by atoms with E-state index < -0.39 is 10.0 Å². The predicted octanol–water partition coefficient (Wildman–Crippen LogP) is 2.26. The van der Waals surface area contributed by atoms with Crippen LogP contribution in [0.2, 0.25) is 5.02 Å². The van der Waals surface area contributed by atoms with Crippen LogP contribution in [-0.2, 0) is 16.6 Å². The van der Waals surface area contributed by atoms with Gasteiger partial charge in [0.2, 0.25) is 10.0 Å². The molecule has 0 saturated carbocycles. The van der Waals surface area contributed by atoms with E-state index in [9.17, 15) is 8.42 Å². The van der Waals surface area contributed by atoms with Gasteiger partial charge < -0.3 is 5.43 Å². The predicted molar refractivity (Wildman–Crippen MR) is 85.2 cm³/mol. The van der Waals surface area contributed by atoms with E-state index in [2.05, 4.69) is 31.1 Å². The summed E-state index contributed by atoms with van der Waals surface area (Å²) in [5.74, 6) is 5.35. The summed E-state index contributed by atoms with van der Waals surface area (Å²) in [5, 5.41) is 0.491. The first-order valence-corrected chi connectivity index (χ1v) is 8.44. The Morgan fingerprint density at radius 3 is 2.71 bits per heavy atom. The molecule has 0 aliphatic carbocycles. The van der Waals surface area contributed by atoms with Crippen LogP contribution in [-0.4, -0.2) is 13.4 Å². The van der Waals surface area contributed by atoms with Crippen LogP contribution in [0.15, 0.2) is 45.9 Å². The molecule has 1 aromatic heterocycles. The van der Waals surface area contributed by atoms with Crippen molar-refractivity contribution in [3.8, 4) is 0 Å². The normalized spacial score (nSPS) is 11.4. The topological polar surface area (TPSA) is 97.1 Å². The number of nitrogens with two attached hydrogens (primary N) is 1. The molecule has 6 nitrogen and oxygen atoms in total. The number of nitrogens with one attached hydrogen (secondary N) is 2. The third-order valence-electron chi connectivity index (χ3n) is 2.66. The molecule has 0 radical (unpaired) electrons. The van der Waals surface area contributed by atoms with E-state index in [4.69, 9.17) is 17.4 Å². The summed E-state index contributed by atoms with van der Waals surface area (Å²) < 4.78 is 27.7. The Morgan fingerprint density at radius 1 is 1.33 bits per heavy atom. The largest absolute Gasteiger partial charge is 0.307 e. The molecule has 0 bridgehead atoms. The maximum Gasteiger partial charge on any atom is 0.244 e. The number of anilines is 1. The molecular weight excluding hydrogens is 380 g/mol. The number of rotatable bonds is 5. The highest BCUT2D eigenvalue weighted by atomic mass is 79.9. The molecule has 21 heavy (non-hydrogen) atoms. The van der Waals surface area contributed by atoms with Crippen molar-refractivity contribution in [1.29, 1.82) is 0 Å². The minimum absolute atomic E-state index is 0.0496. The van der Waals surface area contributed by atoms with E-state index in [0.29, 0.717) is 15.1 Å². The molecule has 0 atom stereocenters. The SMILES string of the molecule is NNc1ncc(Br)cc1S(=O)(=O)NCc1ccccc1Cl. The van der Waals surface area contributed by atoms with Crippen LogP contribution in [0.4, 0.5) is 5.82 Å². The lowest BCUT2D eigenvalue weighted by atomic mass is 10.2. The number of pyridine rings is 1. The number of sulfonamides is 1. The molecule has 1 aromatic carbocycles. The van der Waals surface area contributed by atoms with Crippen molar-refractivity contribution in [3.63, 3.8) is 0 Å². The van der Waals surface area contributed by atoms with Crippen LogP contribution >= 0.6 is 27.5 Å². The average molecular weight is 392 g/mol. The summed E-state index contributed by atoms with van der Waals surface area (Å²) in [6.07, 6.45) is 1.45. The second kappa shape index (κ2) is 6.71. The van der Waals surface area contributed by atoms with Crippen LogP contribution in [0.25, 0.3) is 0 Å². The average Bonchev–Trinajstić information content (AvgIpc) is 2.46. The summed E-state index contributed by atoms with van der Waals surface area (Å²) in [6.45, 7) is 0.0680. The van der Waals surface area contributed by atoms with Gasteiger partial charge in [-0.3, -0.25) is 0 Å². The smallest absolute Gasteiger partial charge is 0.244 e. The molecule has 1 heterocycles. The van der Waals surface area contributed by atoms with Gasteiger partial charge >= 0.3 is 0 Å². The molecule has 2 rings (SSSR count). The first-order valence-electron chi connectivity index (χ1n) is 5.79. The van der Waals surface area contributed by atoms with E-state index >= 15 is 0 Å². The molecule has 0 aliphatic rings. The number of halogens is 2. The summed E-state index contributed by atoms with van der Waals surface area (Å²) in [7, 11) is -3.78.